The Morgan fingerprint density at radius 1 is 1.11 bits per heavy atom. The van der Waals surface area contributed by atoms with Gasteiger partial charge in [-0.05, 0) is 93.9 Å². The standard InChI is InChI=1S/C33H46N2O3/c1-21-25(30(36)34-24-18-32(5,37)19-24)17-28(35(21)20-22-9-7-6-8-10-22)23-15-26(31(2,3)4)29-27(16-23)33(11-12-33)13-14-38-29/h15-17,22,24,37H,6-14,18-20H2,1-5H3,(H,34,36). The number of carbonyl (C=O) groups excluding carboxylic acids is 1. The first-order valence-corrected chi connectivity index (χ1v) is 15.0. The molecule has 6 rings (SSSR count). The van der Waals surface area contributed by atoms with Crippen molar-refractivity contribution in [2.24, 2.45) is 5.92 Å². The molecule has 0 unspecified atom stereocenters. The van der Waals surface area contributed by atoms with Gasteiger partial charge in [0, 0.05) is 40.5 Å². The van der Waals surface area contributed by atoms with Gasteiger partial charge in [-0.25, -0.2) is 0 Å². The molecule has 2 heterocycles. The smallest absolute Gasteiger partial charge is 0.253 e. The number of fused-ring (bicyclic) bond motifs is 2. The van der Waals surface area contributed by atoms with Crippen molar-refractivity contribution in [3.8, 4) is 17.0 Å². The lowest BCUT2D eigenvalue weighted by molar-refractivity contribution is -0.0367. The Morgan fingerprint density at radius 3 is 2.45 bits per heavy atom. The number of ether oxygens (including phenoxy) is 1. The van der Waals surface area contributed by atoms with Gasteiger partial charge in [0.1, 0.15) is 5.75 Å². The van der Waals surface area contributed by atoms with E-state index >= 15 is 0 Å². The molecule has 1 aliphatic heterocycles. The number of nitrogens with one attached hydrogen (secondary N) is 1. The SMILES string of the molecule is Cc1c(C(=O)NC2CC(C)(O)C2)cc(-c2cc(C(C)(C)C)c3c(c2)C2(CCO3)CC2)n1CC1CCCCC1. The number of benzene rings is 1. The average molecular weight is 519 g/mol. The van der Waals surface area contributed by atoms with Crippen LogP contribution >= 0.6 is 0 Å². The highest BCUT2D eigenvalue weighted by molar-refractivity contribution is 5.97. The molecule has 1 spiro atoms. The van der Waals surface area contributed by atoms with E-state index in [9.17, 15) is 9.90 Å². The van der Waals surface area contributed by atoms with Crippen LogP contribution in [0.25, 0.3) is 11.3 Å². The zero-order chi connectivity index (χ0) is 26.9. The first-order valence-electron chi connectivity index (χ1n) is 15.0. The maximum Gasteiger partial charge on any atom is 0.253 e. The molecule has 4 aliphatic rings. The molecule has 0 atom stereocenters. The predicted molar refractivity (Wildman–Crippen MR) is 152 cm³/mol. The zero-order valence-electron chi connectivity index (χ0n) is 24.1. The molecule has 5 heteroatoms. The van der Waals surface area contributed by atoms with Crippen molar-refractivity contribution in [3.05, 3.63) is 40.6 Å². The average Bonchev–Trinajstić information content (AvgIpc) is 3.54. The topological polar surface area (TPSA) is 63.5 Å². The Bertz CT molecular complexity index is 1210. The molecule has 1 amide bonds. The number of hydrogen-bond donors (Lipinski definition) is 2. The molecule has 0 bridgehead atoms. The molecule has 0 radical (unpaired) electrons. The Hall–Kier alpha value is -2.27. The molecule has 1 aromatic carbocycles. The number of aromatic nitrogens is 1. The molecule has 3 saturated carbocycles. The third kappa shape index (κ3) is 4.69. The molecule has 3 aliphatic carbocycles. The number of rotatable bonds is 5. The van der Waals surface area contributed by atoms with Crippen LogP contribution in [0.4, 0.5) is 0 Å². The van der Waals surface area contributed by atoms with E-state index in [1.807, 2.05) is 6.92 Å². The largest absolute Gasteiger partial charge is 0.493 e. The van der Waals surface area contributed by atoms with E-state index in [0.717, 1.165) is 42.3 Å². The number of nitrogens with zero attached hydrogens (tertiary/aromatic N) is 1. The van der Waals surface area contributed by atoms with E-state index in [1.165, 1.54) is 61.6 Å². The van der Waals surface area contributed by atoms with Crippen molar-refractivity contribution in [2.45, 2.75) is 128 Å². The molecule has 3 fully saturated rings. The highest BCUT2D eigenvalue weighted by Gasteiger charge is 2.49. The van der Waals surface area contributed by atoms with Crippen molar-refractivity contribution < 1.29 is 14.6 Å². The van der Waals surface area contributed by atoms with Crippen LogP contribution in [-0.2, 0) is 17.4 Å². The van der Waals surface area contributed by atoms with Crippen molar-refractivity contribution >= 4 is 5.91 Å². The van der Waals surface area contributed by atoms with E-state index in [1.54, 1.807) is 0 Å². The van der Waals surface area contributed by atoms with Gasteiger partial charge in [0.25, 0.3) is 5.91 Å². The molecular weight excluding hydrogens is 472 g/mol. The Labute approximate surface area is 228 Å². The molecule has 38 heavy (non-hydrogen) atoms. The first kappa shape index (κ1) is 26.0. The normalized spacial score (nSPS) is 26.4. The quantitative estimate of drug-likeness (QED) is 0.458. The molecule has 5 nitrogen and oxygen atoms in total. The highest BCUT2D eigenvalue weighted by Crippen LogP contribution is 2.58. The lowest BCUT2D eigenvalue weighted by Gasteiger charge is -2.41. The van der Waals surface area contributed by atoms with Gasteiger partial charge in [0.15, 0.2) is 0 Å². The summed E-state index contributed by atoms with van der Waals surface area (Å²) in [5, 5.41) is 13.4. The van der Waals surface area contributed by atoms with Crippen LogP contribution in [0.3, 0.4) is 0 Å². The van der Waals surface area contributed by atoms with Crippen LogP contribution < -0.4 is 10.1 Å². The van der Waals surface area contributed by atoms with Crippen LogP contribution in [-0.4, -0.2) is 33.8 Å². The Morgan fingerprint density at radius 2 is 1.82 bits per heavy atom. The Kier molecular flexibility index (Phi) is 6.25. The summed E-state index contributed by atoms with van der Waals surface area (Å²) in [5.41, 5.74) is 6.46. The van der Waals surface area contributed by atoms with Gasteiger partial charge >= 0.3 is 0 Å². The molecular formula is C33H46N2O3. The van der Waals surface area contributed by atoms with E-state index in [4.69, 9.17) is 4.74 Å². The molecule has 206 valence electrons. The van der Waals surface area contributed by atoms with Crippen LogP contribution in [0, 0.1) is 12.8 Å². The van der Waals surface area contributed by atoms with Gasteiger partial charge in [-0.3, -0.25) is 4.79 Å². The summed E-state index contributed by atoms with van der Waals surface area (Å²) in [6.45, 7) is 12.6. The molecule has 1 aromatic heterocycles. The van der Waals surface area contributed by atoms with Crippen molar-refractivity contribution in [2.75, 3.05) is 6.61 Å². The zero-order valence-corrected chi connectivity index (χ0v) is 24.1. The highest BCUT2D eigenvalue weighted by atomic mass is 16.5. The maximum atomic E-state index is 13.5. The number of hydrogen-bond acceptors (Lipinski definition) is 3. The summed E-state index contributed by atoms with van der Waals surface area (Å²) in [6, 6.07) is 6.93. The first-order chi connectivity index (χ1) is 18.0. The lowest BCUT2D eigenvalue weighted by atomic mass is 9.77. The van der Waals surface area contributed by atoms with Gasteiger partial charge in [0.05, 0.1) is 17.8 Å². The molecule has 2 aromatic rings. The Balaban J connectivity index is 1.43. The predicted octanol–water partition coefficient (Wildman–Crippen LogP) is 6.80. The van der Waals surface area contributed by atoms with E-state index in [-0.39, 0.29) is 22.8 Å². The van der Waals surface area contributed by atoms with Gasteiger partial charge in [-0.15, -0.1) is 0 Å². The van der Waals surface area contributed by atoms with Gasteiger partial charge in [-0.1, -0.05) is 40.0 Å². The van der Waals surface area contributed by atoms with Crippen LogP contribution in [0.2, 0.25) is 0 Å². The summed E-state index contributed by atoms with van der Waals surface area (Å²) < 4.78 is 8.80. The summed E-state index contributed by atoms with van der Waals surface area (Å²) in [4.78, 5) is 13.5. The van der Waals surface area contributed by atoms with Crippen LogP contribution in [0.1, 0.15) is 119 Å². The fourth-order valence-corrected chi connectivity index (χ4v) is 7.38. The van der Waals surface area contributed by atoms with Crippen LogP contribution in [0.15, 0.2) is 18.2 Å². The number of carbonyl (C=O) groups is 1. The minimum Gasteiger partial charge on any atom is -0.493 e. The second-order valence-corrected chi connectivity index (χ2v) is 14.2. The summed E-state index contributed by atoms with van der Waals surface area (Å²) >= 11 is 0. The van der Waals surface area contributed by atoms with E-state index in [0.29, 0.717) is 18.8 Å². The summed E-state index contributed by atoms with van der Waals surface area (Å²) in [5.74, 6) is 1.76. The second-order valence-electron chi connectivity index (χ2n) is 14.2. The van der Waals surface area contributed by atoms with Gasteiger partial charge in [0.2, 0.25) is 0 Å². The monoisotopic (exact) mass is 518 g/mol. The second kappa shape index (κ2) is 9.15. The summed E-state index contributed by atoms with van der Waals surface area (Å²) in [7, 11) is 0. The van der Waals surface area contributed by atoms with E-state index in [2.05, 4.69) is 55.8 Å². The third-order valence-corrected chi connectivity index (χ3v) is 9.93. The van der Waals surface area contributed by atoms with Crippen molar-refractivity contribution in [1.82, 2.24) is 9.88 Å². The van der Waals surface area contributed by atoms with Crippen LogP contribution in [0.5, 0.6) is 5.75 Å². The van der Waals surface area contributed by atoms with Gasteiger partial charge < -0.3 is 19.7 Å². The molecule has 2 N–H and O–H groups in total. The fraction of sp³-hybridized carbons (Fsp3) is 0.667. The number of amides is 1. The fourth-order valence-electron chi connectivity index (χ4n) is 7.38. The van der Waals surface area contributed by atoms with Crippen molar-refractivity contribution in [3.63, 3.8) is 0 Å². The van der Waals surface area contributed by atoms with Gasteiger partial charge in [-0.2, -0.15) is 0 Å². The maximum absolute atomic E-state index is 13.5. The minimum atomic E-state index is -0.654. The summed E-state index contributed by atoms with van der Waals surface area (Å²) in [6.07, 6.45) is 11.3. The number of aliphatic hydroxyl groups is 1. The molecule has 0 saturated heterocycles. The third-order valence-electron chi connectivity index (χ3n) is 9.93. The van der Waals surface area contributed by atoms with E-state index < -0.39 is 5.60 Å². The minimum absolute atomic E-state index is 0.0114. The van der Waals surface area contributed by atoms with Crippen molar-refractivity contribution in [1.29, 1.82) is 0 Å². The lowest BCUT2D eigenvalue weighted by Crippen LogP contribution is -2.53.